The number of rotatable bonds is 4. The standard InChI is InChI=1S/C15H14BrNO2S/c16-12-3-1-10(2-4-12)14-6-5-13(20-14)9-17-7-11(8-17)15(18)19/h1-6,11H,7-9H2,(H,18,19). The van der Waals surface area contributed by atoms with Crippen molar-refractivity contribution < 1.29 is 9.90 Å². The zero-order valence-corrected chi connectivity index (χ0v) is 13.2. The summed E-state index contributed by atoms with van der Waals surface area (Å²) in [6.45, 7) is 2.19. The van der Waals surface area contributed by atoms with E-state index in [4.69, 9.17) is 5.11 Å². The summed E-state index contributed by atoms with van der Waals surface area (Å²) >= 11 is 5.21. The van der Waals surface area contributed by atoms with Gasteiger partial charge in [-0.3, -0.25) is 9.69 Å². The van der Waals surface area contributed by atoms with Crippen molar-refractivity contribution in [3.63, 3.8) is 0 Å². The number of carbonyl (C=O) groups is 1. The van der Waals surface area contributed by atoms with Gasteiger partial charge >= 0.3 is 5.97 Å². The largest absolute Gasteiger partial charge is 0.481 e. The van der Waals surface area contributed by atoms with Gasteiger partial charge in [-0.15, -0.1) is 11.3 Å². The smallest absolute Gasteiger partial charge is 0.309 e. The molecule has 0 unspecified atom stereocenters. The van der Waals surface area contributed by atoms with Crippen molar-refractivity contribution in [1.82, 2.24) is 4.90 Å². The molecule has 1 aromatic carbocycles. The van der Waals surface area contributed by atoms with Crippen LogP contribution in [-0.4, -0.2) is 29.1 Å². The van der Waals surface area contributed by atoms with Crippen LogP contribution >= 0.6 is 27.3 Å². The third-order valence-electron chi connectivity index (χ3n) is 3.48. The highest BCUT2D eigenvalue weighted by Crippen LogP contribution is 2.31. The van der Waals surface area contributed by atoms with E-state index in [0.717, 1.165) is 11.0 Å². The fourth-order valence-electron chi connectivity index (χ4n) is 2.31. The zero-order chi connectivity index (χ0) is 14.1. The lowest BCUT2D eigenvalue weighted by molar-refractivity contribution is -0.147. The van der Waals surface area contributed by atoms with Gasteiger partial charge in [0, 0.05) is 33.9 Å². The van der Waals surface area contributed by atoms with E-state index in [2.05, 4.69) is 45.1 Å². The second-order valence-corrected chi connectivity index (χ2v) is 7.09. The first-order valence-electron chi connectivity index (χ1n) is 6.41. The minimum absolute atomic E-state index is 0.180. The second-order valence-electron chi connectivity index (χ2n) is 5.00. The number of thiophene rings is 1. The molecule has 1 fully saturated rings. The highest BCUT2D eigenvalue weighted by atomic mass is 79.9. The topological polar surface area (TPSA) is 40.5 Å². The van der Waals surface area contributed by atoms with Crippen molar-refractivity contribution in [3.05, 3.63) is 45.7 Å². The van der Waals surface area contributed by atoms with Crippen molar-refractivity contribution in [2.24, 2.45) is 5.92 Å². The molecule has 0 amide bonds. The number of halogens is 1. The van der Waals surface area contributed by atoms with Crippen molar-refractivity contribution in [2.75, 3.05) is 13.1 Å². The molecule has 0 radical (unpaired) electrons. The van der Waals surface area contributed by atoms with Crippen LogP contribution in [0.25, 0.3) is 10.4 Å². The maximum Gasteiger partial charge on any atom is 0.309 e. The maximum atomic E-state index is 10.8. The van der Waals surface area contributed by atoms with Gasteiger partial charge in [-0.05, 0) is 29.8 Å². The molecule has 20 heavy (non-hydrogen) atoms. The Morgan fingerprint density at radius 3 is 2.60 bits per heavy atom. The monoisotopic (exact) mass is 351 g/mol. The molecule has 0 bridgehead atoms. The van der Waals surface area contributed by atoms with Crippen LogP contribution in [0.3, 0.4) is 0 Å². The van der Waals surface area contributed by atoms with Gasteiger partial charge < -0.3 is 5.11 Å². The summed E-state index contributed by atoms with van der Waals surface area (Å²) < 4.78 is 1.08. The van der Waals surface area contributed by atoms with Crippen LogP contribution in [0.5, 0.6) is 0 Å². The lowest BCUT2D eigenvalue weighted by Gasteiger charge is -2.36. The molecular formula is C15H14BrNO2S. The predicted octanol–water partition coefficient (Wildman–Crippen LogP) is 3.69. The predicted molar refractivity (Wildman–Crippen MR) is 83.9 cm³/mol. The number of likely N-dealkylation sites (tertiary alicyclic amines) is 1. The molecule has 0 spiro atoms. The van der Waals surface area contributed by atoms with E-state index in [-0.39, 0.29) is 5.92 Å². The molecule has 1 aliphatic heterocycles. The Labute approximate surface area is 130 Å². The number of carboxylic acids is 1. The van der Waals surface area contributed by atoms with E-state index in [9.17, 15) is 4.79 Å². The third kappa shape index (κ3) is 2.95. The summed E-state index contributed by atoms with van der Waals surface area (Å²) in [4.78, 5) is 15.5. The van der Waals surface area contributed by atoms with Crippen LogP contribution in [0, 0.1) is 5.92 Å². The summed E-state index contributed by atoms with van der Waals surface area (Å²) in [5, 5.41) is 8.86. The lowest BCUT2D eigenvalue weighted by Crippen LogP contribution is -2.49. The number of hydrogen-bond donors (Lipinski definition) is 1. The first kappa shape index (κ1) is 13.8. The number of carboxylic acid groups (broad SMARTS) is 1. The summed E-state index contributed by atoms with van der Waals surface area (Å²) in [7, 11) is 0. The van der Waals surface area contributed by atoms with Gasteiger partial charge in [-0.25, -0.2) is 0 Å². The summed E-state index contributed by atoms with van der Waals surface area (Å²) in [6.07, 6.45) is 0. The van der Waals surface area contributed by atoms with Crippen LogP contribution in [-0.2, 0) is 11.3 Å². The second kappa shape index (κ2) is 5.68. The van der Waals surface area contributed by atoms with Crippen LogP contribution in [0.2, 0.25) is 0 Å². The minimum atomic E-state index is -0.678. The Morgan fingerprint density at radius 2 is 1.95 bits per heavy atom. The molecule has 0 aliphatic carbocycles. The van der Waals surface area contributed by atoms with Crippen molar-refractivity contribution in [3.8, 4) is 10.4 Å². The molecule has 3 nitrogen and oxygen atoms in total. The van der Waals surface area contributed by atoms with Gasteiger partial charge in [0.15, 0.2) is 0 Å². The highest BCUT2D eigenvalue weighted by molar-refractivity contribution is 9.10. The molecule has 0 saturated carbocycles. The summed E-state index contributed by atoms with van der Waals surface area (Å²) in [5.41, 5.74) is 1.22. The molecular weight excluding hydrogens is 338 g/mol. The van der Waals surface area contributed by atoms with Crippen LogP contribution in [0.1, 0.15) is 4.88 Å². The normalized spacial score (nSPS) is 16.1. The van der Waals surface area contributed by atoms with Crippen LogP contribution < -0.4 is 0 Å². The van der Waals surface area contributed by atoms with Gasteiger partial charge in [0.2, 0.25) is 0 Å². The Balaban J connectivity index is 1.63. The van der Waals surface area contributed by atoms with Crippen LogP contribution in [0.4, 0.5) is 0 Å². The van der Waals surface area contributed by atoms with Crippen molar-refractivity contribution in [1.29, 1.82) is 0 Å². The third-order valence-corrected chi connectivity index (χ3v) is 5.12. The average molecular weight is 352 g/mol. The molecule has 1 aromatic heterocycles. The molecule has 3 rings (SSSR count). The van der Waals surface area contributed by atoms with Crippen molar-refractivity contribution in [2.45, 2.75) is 6.54 Å². The van der Waals surface area contributed by atoms with E-state index in [0.29, 0.717) is 13.1 Å². The van der Waals surface area contributed by atoms with Gasteiger partial charge in [-0.1, -0.05) is 28.1 Å². The number of benzene rings is 1. The van der Waals surface area contributed by atoms with E-state index in [1.807, 2.05) is 12.1 Å². The molecule has 0 atom stereocenters. The molecule has 2 aromatic rings. The van der Waals surface area contributed by atoms with Gasteiger partial charge in [-0.2, -0.15) is 0 Å². The fraction of sp³-hybridized carbons (Fsp3) is 0.267. The summed E-state index contributed by atoms with van der Waals surface area (Å²) in [5.74, 6) is -0.858. The number of aliphatic carboxylic acids is 1. The first-order valence-corrected chi connectivity index (χ1v) is 8.02. The molecule has 2 heterocycles. The summed E-state index contributed by atoms with van der Waals surface area (Å²) in [6, 6.07) is 12.6. The lowest BCUT2D eigenvalue weighted by atomic mass is 10.0. The fourth-order valence-corrected chi connectivity index (χ4v) is 3.63. The molecule has 1 N–H and O–H groups in total. The zero-order valence-electron chi connectivity index (χ0n) is 10.8. The number of nitrogens with zero attached hydrogens (tertiary/aromatic N) is 1. The van der Waals surface area contributed by atoms with Gasteiger partial charge in [0.25, 0.3) is 0 Å². The Kier molecular flexibility index (Phi) is 3.92. The van der Waals surface area contributed by atoms with Gasteiger partial charge in [0.05, 0.1) is 5.92 Å². The minimum Gasteiger partial charge on any atom is -0.481 e. The Morgan fingerprint density at radius 1 is 1.25 bits per heavy atom. The average Bonchev–Trinajstić information content (AvgIpc) is 2.82. The highest BCUT2D eigenvalue weighted by Gasteiger charge is 2.32. The number of hydrogen-bond acceptors (Lipinski definition) is 3. The Bertz CT molecular complexity index is 617. The van der Waals surface area contributed by atoms with Crippen molar-refractivity contribution >= 4 is 33.2 Å². The first-order chi connectivity index (χ1) is 9.61. The maximum absolute atomic E-state index is 10.8. The van der Waals surface area contributed by atoms with Gasteiger partial charge in [0.1, 0.15) is 0 Å². The quantitative estimate of drug-likeness (QED) is 0.912. The van der Waals surface area contributed by atoms with E-state index < -0.39 is 5.97 Å². The molecule has 104 valence electrons. The molecule has 1 aliphatic rings. The van der Waals surface area contributed by atoms with E-state index >= 15 is 0 Å². The van der Waals surface area contributed by atoms with E-state index in [1.165, 1.54) is 15.3 Å². The SMILES string of the molecule is O=C(O)C1CN(Cc2ccc(-c3ccc(Br)cc3)s2)C1. The van der Waals surface area contributed by atoms with E-state index in [1.54, 1.807) is 11.3 Å². The Hall–Kier alpha value is -1.17. The molecule has 5 heteroatoms. The molecule has 1 saturated heterocycles. The van der Waals surface area contributed by atoms with Crippen LogP contribution in [0.15, 0.2) is 40.9 Å².